The van der Waals surface area contributed by atoms with Gasteiger partial charge in [0.25, 0.3) is 5.91 Å². The minimum atomic E-state index is -3.37. The molecule has 1 fully saturated rings. The Morgan fingerprint density at radius 2 is 1.83 bits per heavy atom. The maximum atomic E-state index is 12.5. The third-order valence-electron chi connectivity index (χ3n) is 4.99. The van der Waals surface area contributed by atoms with Gasteiger partial charge in [-0.15, -0.1) is 0 Å². The number of hydrogen-bond acceptors (Lipinski definition) is 5. The highest BCUT2D eigenvalue weighted by molar-refractivity contribution is 7.88. The number of carbonyl (C=O) groups is 1. The van der Waals surface area contributed by atoms with Gasteiger partial charge in [-0.1, -0.05) is 24.3 Å². The molecule has 162 valence electrons. The second-order valence-corrected chi connectivity index (χ2v) is 9.14. The number of methoxy groups -OCH3 is 1. The number of aryl methyl sites for hydroxylation is 1. The highest BCUT2D eigenvalue weighted by atomic mass is 32.2. The van der Waals surface area contributed by atoms with Crippen LogP contribution in [0.1, 0.15) is 27.9 Å². The lowest BCUT2D eigenvalue weighted by atomic mass is 10.1. The van der Waals surface area contributed by atoms with Gasteiger partial charge >= 0.3 is 0 Å². The predicted molar refractivity (Wildman–Crippen MR) is 115 cm³/mol. The number of morpholine rings is 1. The Hall–Kier alpha value is -2.42. The molecule has 0 unspecified atom stereocenters. The molecule has 1 aliphatic rings. The first kappa shape index (κ1) is 22.3. The number of nitrogens with one attached hydrogen (secondary N) is 1. The van der Waals surface area contributed by atoms with Crippen LogP contribution in [0, 0.1) is 0 Å². The van der Waals surface area contributed by atoms with E-state index >= 15 is 0 Å². The van der Waals surface area contributed by atoms with Crippen molar-refractivity contribution >= 4 is 15.9 Å². The summed E-state index contributed by atoms with van der Waals surface area (Å²) in [5.74, 6) is 0.589. The molecule has 8 heteroatoms. The lowest BCUT2D eigenvalue weighted by Gasteiger charge is -2.26. The van der Waals surface area contributed by atoms with Crippen molar-refractivity contribution in [2.45, 2.75) is 18.6 Å². The van der Waals surface area contributed by atoms with E-state index < -0.39 is 10.0 Å². The van der Waals surface area contributed by atoms with Crippen LogP contribution in [0.4, 0.5) is 0 Å². The average molecular weight is 433 g/mol. The molecule has 30 heavy (non-hydrogen) atoms. The van der Waals surface area contributed by atoms with Crippen LogP contribution < -0.4 is 10.1 Å². The molecule has 0 radical (unpaired) electrons. The van der Waals surface area contributed by atoms with Crippen molar-refractivity contribution in [2.24, 2.45) is 0 Å². The standard InChI is InChI=1S/C22H28N2O5S/c1-28-21-6-2-4-18(16-21)5-3-11-23-22(25)20-9-7-19(8-10-20)17-30(26,27)24-12-14-29-15-13-24/h2,4,6-10,16H,3,5,11-15,17H2,1H3,(H,23,25). The summed E-state index contributed by atoms with van der Waals surface area (Å²) in [6.45, 7) is 2.19. The number of rotatable bonds is 9. The first-order chi connectivity index (χ1) is 14.5. The third-order valence-corrected chi connectivity index (χ3v) is 6.84. The van der Waals surface area contributed by atoms with Gasteiger partial charge in [-0.3, -0.25) is 4.79 Å². The molecular weight excluding hydrogens is 404 g/mol. The fraction of sp³-hybridized carbons (Fsp3) is 0.409. The molecule has 0 atom stereocenters. The van der Waals surface area contributed by atoms with Crippen molar-refractivity contribution in [1.82, 2.24) is 9.62 Å². The van der Waals surface area contributed by atoms with E-state index in [1.54, 1.807) is 31.4 Å². The molecular formula is C22H28N2O5S. The van der Waals surface area contributed by atoms with Crippen LogP contribution in [0.25, 0.3) is 0 Å². The van der Waals surface area contributed by atoms with E-state index in [9.17, 15) is 13.2 Å². The van der Waals surface area contributed by atoms with Gasteiger partial charge in [-0.25, -0.2) is 8.42 Å². The van der Waals surface area contributed by atoms with Crippen molar-refractivity contribution < 1.29 is 22.7 Å². The number of nitrogens with zero attached hydrogens (tertiary/aromatic N) is 1. The minimum absolute atomic E-state index is 0.0740. The van der Waals surface area contributed by atoms with Crippen LogP contribution in [0.3, 0.4) is 0 Å². The monoisotopic (exact) mass is 432 g/mol. The lowest BCUT2D eigenvalue weighted by Crippen LogP contribution is -2.41. The summed E-state index contributed by atoms with van der Waals surface area (Å²) in [6, 6.07) is 14.6. The van der Waals surface area contributed by atoms with Gasteiger partial charge in [-0.05, 0) is 48.2 Å². The highest BCUT2D eigenvalue weighted by Crippen LogP contribution is 2.15. The van der Waals surface area contributed by atoms with Gasteiger partial charge in [0.05, 0.1) is 26.1 Å². The van der Waals surface area contributed by atoms with Gasteiger partial charge in [-0.2, -0.15) is 4.31 Å². The summed E-state index contributed by atoms with van der Waals surface area (Å²) in [5, 5.41) is 2.91. The van der Waals surface area contributed by atoms with E-state index in [0.29, 0.717) is 44.0 Å². The highest BCUT2D eigenvalue weighted by Gasteiger charge is 2.24. The summed E-state index contributed by atoms with van der Waals surface area (Å²) in [4.78, 5) is 12.3. The van der Waals surface area contributed by atoms with Gasteiger partial charge in [0.1, 0.15) is 5.75 Å². The molecule has 1 heterocycles. The van der Waals surface area contributed by atoms with Crippen molar-refractivity contribution in [1.29, 1.82) is 0 Å². The smallest absolute Gasteiger partial charge is 0.251 e. The van der Waals surface area contributed by atoms with Crippen molar-refractivity contribution in [2.75, 3.05) is 40.0 Å². The Morgan fingerprint density at radius 1 is 1.10 bits per heavy atom. The molecule has 1 N–H and O–H groups in total. The fourth-order valence-electron chi connectivity index (χ4n) is 3.30. The van der Waals surface area contributed by atoms with Crippen molar-refractivity contribution in [3.63, 3.8) is 0 Å². The summed E-state index contributed by atoms with van der Waals surface area (Å²) >= 11 is 0. The molecule has 0 spiro atoms. The Labute approximate surface area is 178 Å². The van der Waals surface area contributed by atoms with E-state index in [-0.39, 0.29) is 11.7 Å². The average Bonchev–Trinajstić information content (AvgIpc) is 2.77. The zero-order chi connectivity index (χ0) is 21.4. The number of carbonyl (C=O) groups excluding carboxylic acids is 1. The SMILES string of the molecule is COc1cccc(CCCNC(=O)c2ccc(CS(=O)(=O)N3CCOCC3)cc2)c1. The first-order valence-corrected chi connectivity index (χ1v) is 11.6. The van der Waals surface area contributed by atoms with Crippen LogP contribution in [0.2, 0.25) is 0 Å². The van der Waals surface area contributed by atoms with Gasteiger partial charge in [0, 0.05) is 25.2 Å². The molecule has 1 aliphatic heterocycles. The molecule has 7 nitrogen and oxygen atoms in total. The fourth-order valence-corrected chi connectivity index (χ4v) is 4.81. The minimum Gasteiger partial charge on any atom is -0.497 e. The Bertz CT molecular complexity index is 938. The van der Waals surface area contributed by atoms with Gasteiger partial charge in [0.15, 0.2) is 0 Å². The molecule has 0 saturated carbocycles. The van der Waals surface area contributed by atoms with Crippen LogP contribution in [-0.2, 0) is 26.9 Å². The van der Waals surface area contributed by atoms with Crippen LogP contribution >= 0.6 is 0 Å². The molecule has 1 amide bonds. The first-order valence-electron chi connectivity index (χ1n) is 10.0. The van der Waals surface area contributed by atoms with Crippen LogP contribution in [0.15, 0.2) is 48.5 Å². The Morgan fingerprint density at radius 3 is 2.53 bits per heavy atom. The van der Waals surface area contributed by atoms with Crippen LogP contribution in [-0.4, -0.2) is 58.6 Å². The van der Waals surface area contributed by atoms with E-state index in [1.807, 2.05) is 24.3 Å². The van der Waals surface area contributed by atoms with E-state index in [2.05, 4.69) is 5.32 Å². The van der Waals surface area contributed by atoms with E-state index in [1.165, 1.54) is 4.31 Å². The Kier molecular flexibility index (Phi) is 7.84. The largest absolute Gasteiger partial charge is 0.497 e. The molecule has 3 rings (SSSR count). The second kappa shape index (κ2) is 10.6. The number of hydrogen-bond donors (Lipinski definition) is 1. The number of amides is 1. The zero-order valence-electron chi connectivity index (χ0n) is 17.2. The quantitative estimate of drug-likeness (QED) is 0.614. The lowest BCUT2D eigenvalue weighted by molar-refractivity contribution is 0.0729. The number of benzene rings is 2. The van der Waals surface area contributed by atoms with E-state index in [0.717, 1.165) is 24.2 Å². The van der Waals surface area contributed by atoms with Gasteiger partial charge in [0.2, 0.25) is 10.0 Å². The molecule has 2 aromatic rings. The van der Waals surface area contributed by atoms with E-state index in [4.69, 9.17) is 9.47 Å². The molecule has 0 bridgehead atoms. The summed E-state index contributed by atoms with van der Waals surface area (Å²) in [7, 11) is -1.73. The second-order valence-electron chi connectivity index (χ2n) is 7.18. The summed E-state index contributed by atoms with van der Waals surface area (Å²) in [5.41, 5.74) is 2.34. The van der Waals surface area contributed by atoms with Crippen LogP contribution in [0.5, 0.6) is 5.75 Å². The summed E-state index contributed by atoms with van der Waals surface area (Å²) < 4.78 is 36.9. The molecule has 0 aromatic heterocycles. The van der Waals surface area contributed by atoms with Crippen molar-refractivity contribution in [3.05, 3.63) is 65.2 Å². The van der Waals surface area contributed by atoms with Crippen molar-refractivity contribution in [3.8, 4) is 5.75 Å². The maximum Gasteiger partial charge on any atom is 0.251 e. The zero-order valence-corrected chi connectivity index (χ0v) is 18.0. The Balaban J connectivity index is 1.46. The summed E-state index contributed by atoms with van der Waals surface area (Å²) in [6.07, 6.45) is 1.66. The number of ether oxygens (including phenoxy) is 2. The van der Waals surface area contributed by atoms with Gasteiger partial charge < -0.3 is 14.8 Å². The molecule has 0 aliphatic carbocycles. The normalized spacial score (nSPS) is 15.0. The third kappa shape index (κ3) is 6.29. The molecule has 1 saturated heterocycles. The maximum absolute atomic E-state index is 12.5. The predicted octanol–water partition coefficient (Wildman–Crippen LogP) is 2.22. The topological polar surface area (TPSA) is 84.9 Å². The number of sulfonamides is 1. The molecule has 2 aromatic carbocycles.